The Balaban J connectivity index is 0.00000280. The summed E-state index contributed by atoms with van der Waals surface area (Å²) in [5, 5.41) is 3.48. The molecule has 1 aromatic carbocycles. The lowest BCUT2D eigenvalue weighted by Gasteiger charge is -2.35. The third kappa shape index (κ3) is 6.88. The summed E-state index contributed by atoms with van der Waals surface area (Å²) < 4.78 is 6.07. The molecule has 2 saturated heterocycles. The Hall–Kier alpha value is -0.860. The smallest absolute Gasteiger partial charge is 0.194 e. The number of rotatable bonds is 7. The summed E-state index contributed by atoms with van der Waals surface area (Å²) in [5.41, 5.74) is 2.59. The molecule has 1 unspecified atom stereocenters. The number of likely N-dealkylation sites (tertiary alicyclic amines) is 1. The Morgan fingerprint density at radius 2 is 1.96 bits per heavy atom. The van der Waals surface area contributed by atoms with Crippen molar-refractivity contribution in [3.8, 4) is 0 Å². The van der Waals surface area contributed by atoms with Gasteiger partial charge in [-0.05, 0) is 70.3 Å². The number of aliphatic imine (C=N–C) groups is 1. The van der Waals surface area contributed by atoms with Gasteiger partial charge in [-0.3, -0.25) is 4.99 Å². The summed E-state index contributed by atoms with van der Waals surface area (Å²) in [6.07, 6.45) is 5.29. The minimum Gasteiger partial charge on any atom is -0.370 e. The number of halogens is 1. The summed E-state index contributed by atoms with van der Waals surface area (Å²) in [6.45, 7) is 12.4. The van der Waals surface area contributed by atoms with Crippen LogP contribution in [0.4, 0.5) is 0 Å². The van der Waals surface area contributed by atoms with Gasteiger partial charge >= 0.3 is 0 Å². The van der Waals surface area contributed by atoms with Crippen molar-refractivity contribution in [2.24, 2.45) is 4.99 Å². The maximum absolute atomic E-state index is 6.07. The Kier molecular flexibility index (Phi) is 10.6. The lowest BCUT2D eigenvalue weighted by atomic mass is 10.0. The van der Waals surface area contributed by atoms with Crippen LogP contribution in [0.1, 0.15) is 49.8 Å². The van der Waals surface area contributed by atoms with E-state index in [1.165, 1.54) is 50.0 Å². The van der Waals surface area contributed by atoms with Gasteiger partial charge in [0.1, 0.15) is 6.10 Å². The van der Waals surface area contributed by atoms with Gasteiger partial charge in [0.2, 0.25) is 0 Å². The first-order chi connectivity index (χ1) is 13.3. The highest BCUT2D eigenvalue weighted by atomic mass is 127. The lowest BCUT2D eigenvalue weighted by molar-refractivity contribution is -0.00832. The molecule has 6 heteroatoms. The van der Waals surface area contributed by atoms with Crippen LogP contribution in [0.2, 0.25) is 0 Å². The largest absolute Gasteiger partial charge is 0.370 e. The van der Waals surface area contributed by atoms with E-state index in [1.54, 1.807) is 0 Å². The van der Waals surface area contributed by atoms with Crippen LogP contribution in [-0.4, -0.2) is 68.2 Å². The van der Waals surface area contributed by atoms with Gasteiger partial charge in [0.15, 0.2) is 5.96 Å². The molecule has 0 aromatic heterocycles. The molecule has 28 heavy (non-hydrogen) atoms. The van der Waals surface area contributed by atoms with E-state index in [0.29, 0.717) is 0 Å². The Morgan fingerprint density at radius 1 is 1.18 bits per heavy atom. The van der Waals surface area contributed by atoms with Gasteiger partial charge in [-0.2, -0.15) is 0 Å². The number of unbranched alkanes of at least 4 members (excludes halogenated alkanes) is 1. The number of guanidine groups is 1. The van der Waals surface area contributed by atoms with Crippen LogP contribution in [-0.2, 0) is 4.74 Å². The first-order valence-corrected chi connectivity index (χ1v) is 10.7. The average molecular weight is 500 g/mol. The molecule has 0 saturated carbocycles. The van der Waals surface area contributed by atoms with E-state index in [1.807, 2.05) is 0 Å². The number of hydrogen-bond acceptors (Lipinski definition) is 3. The van der Waals surface area contributed by atoms with Crippen molar-refractivity contribution in [2.45, 2.75) is 45.6 Å². The molecule has 0 amide bonds. The van der Waals surface area contributed by atoms with Crippen molar-refractivity contribution >= 4 is 29.9 Å². The highest BCUT2D eigenvalue weighted by molar-refractivity contribution is 14.0. The molecule has 5 nitrogen and oxygen atoms in total. The molecule has 2 aliphatic heterocycles. The van der Waals surface area contributed by atoms with Gasteiger partial charge in [-0.15, -0.1) is 24.0 Å². The van der Waals surface area contributed by atoms with Crippen molar-refractivity contribution in [1.82, 2.24) is 15.1 Å². The summed E-state index contributed by atoms with van der Waals surface area (Å²) in [4.78, 5) is 9.86. The second-order valence-corrected chi connectivity index (χ2v) is 7.65. The number of aryl methyl sites for hydroxylation is 1. The number of nitrogens with one attached hydrogen (secondary N) is 1. The molecule has 0 radical (unpaired) electrons. The van der Waals surface area contributed by atoms with E-state index in [9.17, 15) is 0 Å². The number of morpholine rings is 1. The summed E-state index contributed by atoms with van der Waals surface area (Å²) in [7, 11) is 0. The van der Waals surface area contributed by atoms with Gasteiger partial charge in [0, 0.05) is 19.6 Å². The van der Waals surface area contributed by atoms with Crippen LogP contribution in [0.5, 0.6) is 0 Å². The summed E-state index contributed by atoms with van der Waals surface area (Å²) in [5.74, 6) is 1.04. The molecule has 3 rings (SSSR count). The van der Waals surface area contributed by atoms with Gasteiger partial charge in [0.25, 0.3) is 0 Å². The molecule has 1 atom stereocenters. The topological polar surface area (TPSA) is 40.1 Å². The predicted octanol–water partition coefficient (Wildman–Crippen LogP) is 3.83. The monoisotopic (exact) mass is 500 g/mol. The zero-order chi connectivity index (χ0) is 18.9. The van der Waals surface area contributed by atoms with Crippen LogP contribution < -0.4 is 5.32 Å². The van der Waals surface area contributed by atoms with E-state index in [2.05, 4.69) is 53.2 Å². The van der Waals surface area contributed by atoms with Gasteiger partial charge in [-0.1, -0.05) is 24.3 Å². The minimum absolute atomic E-state index is 0. The fourth-order valence-corrected chi connectivity index (χ4v) is 4.04. The number of hydrogen-bond donors (Lipinski definition) is 1. The van der Waals surface area contributed by atoms with Crippen molar-refractivity contribution in [2.75, 3.05) is 52.4 Å². The molecule has 1 aromatic rings. The van der Waals surface area contributed by atoms with Crippen LogP contribution >= 0.6 is 24.0 Å². The fourth-order valence-electron chi connectivity index (χ4n) is 4.04. The van der Waals surface area contributed by atoms with Crippen LogP contribution in [0.15, 0.2) is 29.3 Å². The SMILES string of the molecule is CCNC(=NCCCCN1CCCC1)N1CCOC(c2ccccc2C)C1.I. The highest BCUT2D eigenvalue weighted by Gasteiger charge is 2.25. The molecule has 1 N–H and O–H groups in total. The first-order valence-electron chi connectivity index (χ1n) is 10.7. The average Bonchev–Trinajstić information content (AvgIpc) is 3.21. The maximum atomic E-state index is 6.07. The second kappa shape index (κ2) is 12.6. The molecule has 2 aliphatic rings. The van der Waals surface area contributed by atoms with E-state index in [0.717, 1.165) is 45.2 Å². The molecular weight excluding hydrogens is 463 g/mol. The van der Waals surface area contributed by atoms with Crippen molar-refractivity contribution in [3.63, 3.8) is 0 Å². The molecule has 158 valence electrons. The first kappa shape index (κ1) is 23.4. The third-order valence-corrected chi connectivity index (χ3v) is 5.58. The predicted molar refractivity (Wildman–Crippen MR) is 128 cm³/mol. The van der Waals surface area contributed by atoms with Gasteiger partial charge in [-0.25, -0.2) is 0 Å². The zero-order valence-electron chi connectivity index (χ0n) is 17.5. The number of ether oxygens (including phenoxy) is 1. The quantitative estimate of drug-likeness (QED) is 0.268. The zero-order valence-corrected chi connectivity index (χ0v) is 19.9. The molecule has 0 aliphatic carbocycles. The Labute approximate surface area is 187 Å². The summed E-state index contributed by atoms with van der Waals surface area (Å²) >= 11 is 0. The van der Waals surface area contributed by atoms with Crippen molar-refractivity contribution in [1.29, 1.82) is 0 Å². The van der Waals surface area contributed by atoms with Crippen LogP contribution in [0.25, 0.3) is 0 Å². The third-order valence-electron chi connectivity index (χ3n) is 5.58. The number of benzene rings is 1. The summed E-state index contributed by atoms with van der Waals surface area (Å²) in [6, 6.07) is 8.54. The van der Waals surface area contributed by atoms with Crippen molar-refractivity contribution < 1.29 is 4.74 Å². The lowest BCUT2D eigenvalue weighted by Crippen LogP contribution is -2.48. The normalized spacial score (nSPS) is 20.9. The van der Waals surface area contributed by atoms with Crippen LogP contribution in [0, 0.1) is 6.92 Å². The van der Waals surface area contributed by atoms with E-state index in [-0.39, 0.29) is 30.1 Å². The fraction of sp³-hybridized carbons (Fsp3) is 0.682. The standard InChI is InChI=1S/C22H36N4O.HI/c1-3-23-22(24-12-6-7-13-25-14-8-9-15-25)26-16-17-27-21(18-26)20-11-5-4-10-19(20)2;/h4-5,10-11,21H,3,6-9,12-18H2,1-2H3,(H,23,24);1H. The highest BCUT2D eigenvalue weighted by Crippen LogP contribution is 2.25. The molecule has 0 bridgehead atoms. The maximum Gasteiger partial charge on any atom is 0.194 e. The molecular formula is C22H37IN4O. The van der Waals surface area contributed by atoms with Crippen molar-refractivity contribution in [3.05, 3.63) is 35.4 Å². The Morgan fingerprint density at radius 3 is 2.71 bits per heavy atom. The molecule has 2 fully saturated rings. The molecule has 2 heterocycles. The number of nitrogens with zero attached hydrogens (tertiary/aromatic N) is 3. The van der Waals surface area contributed by atoms with E-state index in [4.69, 9.17) is 9.73 Å². The van der Waals surface area contributed by atoms with E-state index >= 15 is 0 Å². The minimum atomic E-state index is 0. The van der Waals surface area contributed by atoms with E-state index < -0.39 is 0 Å². The Bertz CT molecular complexity index is 604. The van der Waals surface area contributed by atoms with Crippen LogP contribution in [0.3, 0.4) is 0 Å². The molecule has 0 spiro atoms. The van der Waals surface area contributed by atoms with Gasteiger partial charge < -0.3 is 19.9 Å². The second-order valence-electron chi connectivity index (χ2n) is 7.65. The van der Waals surface area contributed by atoms with Gasteiger partial charge in [0.05, 0.1) is 13.2 Å².